The number of aromatic nitrogens is 1. The first-order valence-corrected chi connectivity index (χ1v) is 20.1. The topological polar surface area (TPSA) is 123 Å². The molecule has 4 amide bonds. The minimum Gasteiger partial charge on any atom is -0.490 e. The summed E-state index contributed by atoms with van der Waals surface area (Å²) in [5.74, 6) is 1.10. The number of carbonyl (C=O) groups is 3. The molecule has 0 atom stereocenters. The van der Waals surface area contributed by atoms with Crippen LogP contribution in [0.4, 0.5) is 16.2 Å². The van der Waals surface area contributed by atoms with Crippen LogP contribution in [-0.2, 0) is 4.79 Å². The number of hydrogen-bond donors (Lipinski definition) is 2. The van der Waals surface area contributed by atoms with E-state index in [2.05, 4.69) is 61.5 Å². The SMILES string of the molecule is N#Cc1ccc(O[C@H]2CC[C@H](NC(=O)c3ccc(N4CCC(CN5CCC(n6ccc7c(N8CCC(=O)NC8=O)cccc76)CC5)CC4)cc3)CC2)cc1Cl. The maximum atomic E-state index is 13.1. The first kappa shape index (κ1) is 36.9. The Morgan fingerprint density at radius 3 is 2.36 bits per heavy atom. The second-order valence-corrected chi connectivity index (χ2v) is 15.9. The lowest BCUT2D eigenvalue weighted by Gasteiger charge is -2.38. The molecule has 0 unspecified atom stereocenters. The molecule has 1 saturated carbocycles. The average Bonchev–Trinajstić information content (AvgIpc) is 3.64. The van der Waals surface area contributed by atoms with Gasteiger partial charge in [0.1, 0.15) is 11.8 Å². The van der Waals surface area contributed by atoms with Gasteiger partial charge in [-0.15, -0.1) is 0 Å². The Labute approximate surface area is 327 Å². The number of amides is 4. The maximum Gasteiger partial charge on any atom is 0.328 e. The van der Waals surface area contributed by atoms with E-state index < -0.39 is 0 Å². The van der Waals surface area contributed by atoms with Gasteiger partial charge >= 0.3 is 6.03 Å². The Hall–Kier alpha value is -5.05. The number of anilines is 2. The van der Waals surface area contributed by atoms with Crippen LogP contribution in [0.2, 0.25) is 5.02 Å². The zero-order valence-electron chi connectivity index (χ0n) is 31.1. The fourth-order valence-corrected chi connectivity index (χ4v) is 9.12. The average molecular weight is 762 g/mol. The molecule has 3 aliphatic heterocycles. The van der Waals surface area contributed by atoms with E-state index in [0.717, 1.165) is 101 Å². The molecule has 1 aliphatic carbocycles. The van der Waals surface area contributed by atoms with Gasteiger partial charge in [-0.25, -0.2) is 4.79 Å². The van der Waals surface area contributed by atoms with Crippen LogP contribution < -0.4 is 25.2 Å². The summed E-state index contributed by atoms with van der Waals surface area (Å²) in [6.07, 6.45) is 10.4. The molecule has 8 rings (SSSR count). The first-order chi connectivity index (χ1) is 26.8. The fraction of sp³-hybridized carbons (Fsp3) is 0.442. The molecule has 3 saturated heterocycles. The molecule has 0 bridgehead atoms. The largest absolute Gasteiger partial charge is 0.490 e. The number of ether oxygens (including phenoxy) is 1. The molecular weight excluding hydrogens is 714 g/mol. The third-order valence-corrected chi connectivity index (χ3v) is 12.3. The van der Waals surface area contributed by atoms with Gasteiger partial charge in [0.25, 0.3) is 5.91 Å². The van der Waals surface area contributed by atoms with Gasteiger partial charge in [-0.3, -0.25) is 19.8 Å². The molecule has 0 spiro atoms. The van der Waals surface area contributed by atoms with Gasteiger partial charge in [-0.1, -0.05) is 17.7 Å². The number of likely N-dealkylation sites (tertiary alicyclic amines) is 1. The highest BCUT2D eigenvalue weighted by Gasteiger charge is 2.29. The van der Waals surface area contributed by atoms with Crippen molar-refractivity contribution in [2.75, 3.05) is 49.1 Å². The molecule has 0 radical (unpaired) electrons. The molecule has 3 aromatic carbocycles. The minimum absolute atomic E-state index is 0.0304. The Morgan fingerprint density at radius 1 is 0.891 bits per heavy atom. The van der Waals surface area contributed by atoms with Crippen molar-refractivity contribution in [3.05, 3.63) is 89.1 Å². The van der Waals surface area contributed by atoms with E-state index in [4.69, 9.17) is 21.6 Å². The van der Waals surface area contributed by atoms with Crippen LogP contribution in [0, 0.1) is 17.2 Å². The lowest BCUT2D eigenvalue weighted by molar-refractivity contribution is -0.120. The third-order valence-electron chi connectivity index (χ3n) is 12.0. The van der Waals surface area contributed by atoms with Gasteiger partial charge in [0, 0.05) is 86.7 Å². The predicted octanol–water partition coefficient (Wildman–Crippen LogP) is 7.29. The van der Waals surface area contributed by atoms with E-state index in [9.17, 15) is 14.4 Å². The van der Waals surface area contributed by atoms with Crippen LogP contribution in [0.25, 0.3) is 10.9 Å². The van der Waals surface area contributed by atoms with E-state index in [0.29, 0.717) is 46.8 Å². The number of benzene rings is 3. The van der Waals surface area contributed by atoms with E-state index in [1.807, 2.05) is 24.3 Å². The zero-order chi connectivity index (χ0) is 37.9. The highest BCUT2D eigenvalue weighted by atomic mass is 35.5. The van der Waals surface area contributed by atoms with Gasteiger partial charge in [0.05, 0.1) is 27.9 Å². The van der Waals surface area contributed by atoms with Gasteiger partial charge in [0.15, 0.2) is 0 Å². The van der Waals surface area contributed by atoms with E-state index in [1.54, 1.807) is 23.1 Å². The van der Waals surface area contributed by atoms with Gasteiger partial charge < -0.3 is 24.4 Å². The molecule has 4 aliphatic rings. The quantitative estimate of drug-likeness (QED) is 0.184. The normalized spacial score (nSPS) is 21.7. The van der Waals surface area contributed by atoms with Crippen molar-refractivity contribution in [2.24, 2.45) is 5.92 Å². The number of urea groups is 1. The summed E-state index contributed by atoms with van der Waals surface area (Å²) in [4.78, 5) is 44.1. The molecule has 1 aromatic heterocycles. The van der Waals surface area contributed by atoms with Crippen LogP contribution >= 0.6 is 11.6 Å². The van der Waals surface area contributed by atoms with Crippen LogP contribution in [0.15, 0.2) is 72.9 Å². The fourth-order valence-electron chi connectivity index (χ4n) is 8.91. The number of fused-ring (bicyclic) bond motifs is 1. The van der Waals surface area contributed by atoms with E-state index in [1.165, 1.54) is 5.69 Å². The lowest BCUT2D eigenvalue weighted by atomic mass is 9.92. The number of imide groups is 1. The number of nitrogens with one attached hydrogen (secondary N) is 2. The van der Waals surface area contributed by atoms with Crippen molar-refractivity contribution in [3.8, 4) is 11.8 Å². The summed E-state index contributed by atoms with van der Waals surface area (Å²) in [6.45, 7) is 5.73. The van der Waals surface area contributed by atoms with Crippen molar-refractivity contribution in [2.45, 2.75) is 76.0 Å². The summed E-state index contributed by atoms with van der Waals surface area (Å²) in [5, 5.41) is 16.2. The Bertz CT molecular complexity index is 2070. The molecule has 55 heavy (non-hydrogen) atoms. The number of carbonyl (C=O) groups excluding carboxylic acids is 3. The van der Waals surface area contributed by atoms with Gasteiger partial charge in [0.2, 0.25) is 5.91 Å². The van der Waals surface area contributed by atoms with E-state index in [-0.39, 0.29) is 30.0 Å². The number of halogens is 1. The van der Waals surface area contributed by atoms with Gasteiger partial charge in [-0.05, 0) is 112 Å². The van der Waals surface area contributed by atoms with E-state index >= 15 is 0 Å². The second kappa shape index (κ2) is 16.4. The first-order valence-electron chi connectivity index (χ1n) is 19.8. The maximum absolute atomic E-state index is 13.1. The highest BCUT2D eigenvalue weighted by molar-refractivity contribution is 6.31. The monoisotopic (exact) mass is 761 g/mol. The molecule has 11 nitrogen and oxygen atoms in total. The van der Waals surface area contributed by atoms with Crippen LogP contribution in [0.3, 0.4) is 0 Å². The molecule has 286 valence electrons. The predicted molar refractivity (Wildman–Crippen MR) is 214 cm³/mol. The molecule has 4 aromatic rings. The number of hydrogen-bond acceptors (Lipinski definition) is 7. The number of piperidine rings is 2. The molecule has 4 heterocycles. The smallest absolute Gasteiger partial charge is 0.328 e. The standard InChI is InChI=1S/C43H48ClN7O4/c44-38-26-36(11-6-31(38)27-45)55-35-12-7-32(8-13-35)46-42(53)30-4-9-33(10-5-30)49-22-14-29(15-23-49)28-48-20-16-34(17-21-48)50-24-18-37-39(50)2-1-3-40(37)51-25-19-41(52)47-43(51)54/h1-6,9-11,18,24,26,29,32,34-35H,7-8,12-17,19-23,25,28H2,(H,46,53)(H,47,52,54)/t32-,35-. The second-order valence-electron chi connectivity index (χ2n) is 15.5. The number of nitriles is 1. The summed E-state index contributed by atoms with van der Waals surface area (Å²) >= 11 is 6.16. The van der Waals surface area contributed by atoms with Crippen molar-refractivity contribution < 1.29 is 19.1 Å². The zero-order valence-corrected chi connectivity index (χ0v) is 31.8. The Balaban J connectivity index is 0.760. The summed E-state index contributed by atoms with van der Waals surface area (Å²) < 4.78 is 8.49. The molecular formula is C43H48ClN7O4. The summed E-state index contributed by atoms with van der Waals surface area (Å²) in [6, 6.07) is 23.7. The minimum atomic E-state index is -0.347. The molecule has 4 fully saturated rings. The number of nitrogens with zero attached hydrogens (tertiary/aromatic N) is 5. The van der Waals surface area contributed by atoms with Crippen molar-refractivity contribution in [3.63, 3.8) is 0 Å². The van der Waals surface area contributed by atoms with Crippen LogP contribution in [0.5, 0.6) is 5.75 Å². The van der Waals surface area contributed by atoms with Crippen LogP contribution in [-0.4, -0.2) is 78.7 Å². The third kappa shape index (κ3) is 8.31. The molecule has 12 heteroatoms. The highest BCUT2D eigenvalue weighted by Crippen LogP contribution is 2.34. The van der Waals surface area contributed by atoms with Crippen molar-refractivity contribution >= 4 is 51.7 Å². The van der Waals surface area contributed by atoms with Crippen molar-refractivity contribution in [1.82, 2.24) is 20.1 Å². The molecule has 2 N–H and O–H groups in total. The number of rotatable bonds is 9. The summed E-state index contributed by atoms with van der Waals surface area (Å²) in [7, 11) is 0. The Morgan fingerprint density at radius 2 is 1.65 bits per heavy atom. The van der Waals surface area contributed by atoms with Crippen LogP contribution in [0.1, 0.15) is 79.8 Å². The Kier molecular flexibility index (Phi) is 11.0. The summed E-state index contributed by atoms with van der Waals surface area (Å²) in [5.41, 5.74) is 4.29. The van der Waals surface area contributed by atoms with Crippen molar-refractivity contribution in [1.29, 1.82) is 5.26 Å². The van der Waals surface area contributed by atoms with Gasteiger partial charge in [-0.2, -0.15) is 5.26 Å². The lowest BCUT2D eigenvalue weighted by Crippen LogP contribution is -2.49.